The molecule has 1 aromatic heterocycles. The van der Waals surface area contributed by atoms with E-state index in [0.717, 1.165) is 24.5 Å². The third-order valence-corrected chi connectivity index (χ3v) is 4.90. The monoisotopic (exact) mass is 381 g/mol. The Bertz CT molecular complexity index is 761. The van der Waals surface area contributed by atoms with Crippen LogP contribution < -0.4 is 16.0 Å². The zero-order valence-electron chi connectivity index (χ0n) is 16.0. The van der Waals surface area contributed by atoms with Gasteiger partial charge in [0.15, 0.2) is 0 Å². The summed E-state index contributed by atoms with van der Waals surface area (Å²) in [6.07, 6.45) is 2.29. The lowest BCUT2D eigenvalue weighted by atomic mass is 10.0. The van der Waals surface area contributed by atoms with Gasteiger partial charge in [-0.3, -0.25) is 9.59 Å². The standard InChI is InChI=1S/C21H27N5O2/c22-18(17-6-2-1-3-7-17)16-20(27)24-11-9-21(28)26-14-12-25(13-15-26)19-8-4-5-10-23-19/h1-8,10,18H,9,11-16,22H2,(H,24,27). The molecule has 28 heavy (non-hydrogen) atoms. The first-order valence-electron chi connectivity index (χ1n) is 9.64. The van der Waals surface area contributed by atoms with Gasteiger partial charge in [-0.25, -0.2) is 4.98 Å². The predicted molar refractivity (Wildman–Crippen MR) is 109 cm³/mol. The van der Waals surface area contributed by atoms with Crippen molar-refractivity contribution < 1.29 is 9.59 Å². The Balaban J connectivity index is 1.35. The number of piperazine rings is 1. The average molecular weight is 381 g/mol. The molecular weight excluding hydrogens is 354 g/mol. The van der Waals surface area contributed by atoms with Crippen LogP contribution in [-0.4, -0.2) is 54.4 Å². The second kappa shape index (κ2) is 9.85. The largest absolute Gasteiger partial charge is 0.356 e. The van der Waals surface area contributed by atoms with Crippen molar-refractivity contribution >= 4 is 17.6 Å². The second-order valence-electron chi connectivity index (χ2n) is 6.88. The van der Waals surface area contributed by atoms with E-state index in [0.29, 0.717) is 26.1 Å². The van der Waals surface area contributed by atoms with E-state index in [4.69, 9.17) is 5.73 Å². The van der Waals surface area contributed by atoms with Gasteiger partial charge in [-0.15, -0.1) is 0 Å². The zero-order chi connectivity index (χ0) is 19.8. The third-order valence-electron chi connectivity index (χ3n) is 4.90. The van der Waals surface area contributed by atoms with Crippen LogP contribution in [0.25, 0.3) is 0 Å². The maximum Gasteiger partial charge on any atom is 0.224 e. The minimum absolute atomic E-state index is 0.0633. The summed E-state index contributed by atoms with van der Waals surface area (Å²) in [5.41, 5.74) is 6.99. The Labute approximate surface area is 165 Å². The molecule has 1 unspecified atom stereocenters. The van der Waals surface area contributed by atoms with Crippen molar-refractivity contribution in [2.24, 2.45) is 5.73 Å². The van der Waals surface area contributed by atoms with Crippen LogP contribution in [0.1, 0.15) is 24.4 Å². The SMILES string of the molecule is NC(CC(=O)NCCC(=O)N1CCN(c2ccccn2)CC1)c1ccccc1. The Kier molecular flexibility index (Phi) is 6.97. The van der Waals surface area contributed by atoms with Crippen molar-refractivity contribution in [2.45, 2.75) is 18.9 Å². The van der Waals surface area contributed by atoms with Crippen molar-refractivity contribution in [3.05, 3.63) is 60.3 Å². The topological polar surface area (TPSA) is 91.6 Å². The molecule has 3 rings (SSSR count). The van der Waals surface area contributed by atoms with E-state index in [1.807, 2.05) is 53.4 Å². The molecule has 2 amide bonds. The number of amides is 2. The van der Waals surface area contributed by atoms with Gasteiger partial charge in [0.05, 0.1) is 0 Å². The van der Waals surface area contributed by atoms with Gasteiger partial charge in [-0.2, -0.15) is 0 Å². The Hall–Kier alpha value is -2.93. The van der Waals surface area contributed by atoms with Crippen LogP contribution in [0.5, 0.6) is 0 Å². The van der Waals surface area contributed by atoms with E-state index >= 15 is 0 Å². The summed E-state index contributed by atoms with van der Waals surface area (Å²) in [7, 11) is 0. The molecule has 7 heteroatoms. The maximum absolute atomic E-state index is 12.4. The minimum atomic E-state index is -0.337. The summed E-state index contributed by atoms with van der Waals surface area (Å²) in [5, 5.41) is 2.80. The summed E-state index contributed by atoms with van der Waals surface area (Å²) in [6.45, 7) is 3.20. The molecule has 1 atom stereocenters. The van der Waals surface area contributed by atoms with Crippen molar-refractivity contribution in [3.63, 3.8) is 0 Å². The predicted octanol–water partition coefficient (Wildman–Crippen LogP) is 1.33. The summed E-state index contributed by atoms with van der Waals surface area (Å²) >= 11 is 0. The number of hydrogen-bond acceptors (Lipinski definition) is 5. The molecule has 3 N–H and O–H groups in total. The van der Waals surface area contributed by atoms with E-state index in [2.05, 4.69) is 15.2 Å². The first-order chi connectivity index (χ1) is 13.6. The highest BCUT2D eigenvalue weighted by atomic mass is 16.2. The minimum Gasteiger partial charge on any atom is -0.356 e. The van der Waals surface area contributed by atoms with E-state index < -0.39 is 0 Å². The van der Waals surface area contributed by atoms with Crippen molar-refractivity contribution in [2.75, 3.05) is 37.6 Å². The normalized spacial score (nSPS) is 15.2. The molecule has 1 aliphatic heterocycles. The number of pyridine rings is 1. The van der Waals surface area contributed by atoms with Gasteiger partial charge in [-0.05, 0) is 17.7 Å². The quantitative estimate of drug-likeness (QED) is 0.755. The van der Waals surface area contributed by atoms with Crippen LogP contribution in [-0.2, 0) is 9.59 Å². The van der Waals surface area contributed by atoms with Crippen LogP contribution in [0.2, 0.25) is 0 Å². The highest BCUT2D eigenvalue weighted by molar-refractivity contribution is 5.79. The molecule has 0 radical (unpaired) electrons. The van der Waals surface area contributed by atoms with Crippen LogP contribution in [0, 0.1) is 0 Å². The second-order valence-corrected chi connectivity index (χ2v) is 6.88. The van der Waals surface area contributed by atoms with Gasteiger partial charge in [0.25, 0.3) is 0 Å². The molecule has 148 valence electrons. The molecule has 2 aromatic rings. The number of nitrogens with one attached hydrogen (secondary N) is 1. The molecule has 1 fully saturated rings. The lowest BCUT2D eigenvalue weighted by Crippen LogP contribution is -2.49. The number of benzene rings is 1. The maximum atomic E-state index is 12.4. The summed E-state index contributed by atoms with van der Waals surface area (Å²) in [5.74, 6) is 0.870. The van der Waals surface area contributed by atoms with Crippen LogP contribution in [0.3, 0.4) is 0 Å². The lowest BCUT2D eigenvalue weighted by Gasteiger charge is -2.35. The van der Waals surface area contributed by atoms with Crippen molar-refractivity contribution in [1.29, 1.82) is 0 Å². The van der Waals surface area contributed by atoms with Crippen molar-refractivity contribution in [3.8, 4) is 0 Å². The van der Waals surface area contributed by atoms with Gasteiger partial charge in [0.1, 0.15) is 5.82 Å². The van der Waals surface area contributed by atoms with Crippen LogP contribution >= 0.6 is 0 Å². The Morgan fingerprint density at radius 2 is 1.75 bits per heavy atom. The molecule has 0 bridgehead atoms. The number of carbonyl (C=O) groups excluding carboxylic acids is 2. The fourth-order valence-electron chi connectivity index (χ4n) is 3.28. The summed E-state index contributed by atoms with van der Waals surface area (Å²) < 4.78 is 0. The number of hydrogen-bond donors (Lipinski definition) is 2. The van der Waals surface area contributed by atoms with Crippen LogP contribution in [0.15, 0.2) is 54.7 Å². The first-order valence-corrected chi connectivity index (χ1v) is 9.64. The summed E-state index contributed by atoms with van der Waals surface area (Å²) in [4.78, 5) is 32.8. The van der Waals surface area contributed by atoms with E-state index in [-0.39, 0.29) is 24.3 Å². The van der Waals surface area contributed by atoms with Gasteiger partial charge in [-0.1, -0.05) is 36.4 Å². The number of rotatable bonds is 7. The number of anilines is 1. The number of aromatic nitrogens is 1. The molecule has 0 spiro atoms. The fraction of sp³-hybridized carbons (Fsp3) is 0.381. The van der Waals surface area contributed by atoms with Gasteiger partial charge < -0.3 is 20.9 Å². The van der Waals surface area contributed by atoms with Gasteiger partial charge in [0, 0.05) is 57.8 Å². The Morgan fingerprint density at radius 1 is 1.04 bits per heavy atom. The average Bonchev–Trinajstić information content (AvgIpc) is 2.75. The molecule has 0 aliphatic carbocycles. The van der Waals surface area contributed by atoms with Gasteiger partial charge >= 0.3 is 0 Å². The van der Waals surface area contributed by atoms with E-state index in [1.54, 1.807) is 6.20 Å². The van der Waals surface area contributed by atoms with E-state index in [9.17, 15) is 9.59 Å². The molecule has 1 saturated heterocycles. The van der Waals surface area contributed by atoms with Crippen molar-refractivity contribution in [1.82, 2.24) is 15.2 Å². The fourth-order valence-corrected chi connectivity index (χ4v) is 3.28. The zero-order valence-corrected chi connectivity index (χ0v) is 16.0. The van der Waals surface area contributed by atoms with E-state index in [1.165, 1.54) is 0 Å². The molecule has 1 aliphatic rings. The molecule has 7 nitrogen and oxygen atoms in total. The van der Waals surface area contributed by atoms with Crippen LogP contribution in [0.4, 0.5) is 5.82 Å². The highest BCUT2D eigenvalue weighted by Crippen LogP contribution is 2.14. The van der Waals surface area contributed by atoms with Gasteiger partial charge in [0.2, 0.25) is 11.8 Å². The Morgan fingerprint density at radius 3 is 2.43 bits per heavy atom. The number of carbonyl (C=O) groups is 2. The highest BCUT2D eigenvalue weighted by Gasteiger charge is 2.21. The first kappa shape index (κ1) is 19.8. The number of nitrogens with zero attached hydrogens (tertiary/aromatic N) is 3. The third kappa shape index (κ3) is 5.53. The number of nitrogens with two attached hydrogens (primary N) is 1. The molecular formula is C21H27N5O2. The molecule has 0 saturated carbocycles. The smallest absolute Gasteiger partial charge is 0.224 e. The lowest BCUT2D eigenvalue weighted by molar-refractivity contribution is -0.131. The summed E-state index contributed by atoms with van der Waals surface area (Å²) in [6, 6.07) is 15.0. The molecule has 1 aromatic carbocycles. The molecule has 2 heterocycles.